The highest BCUT2D eigenvalue weighted by Gasteiger charge is 2.25. The topological polar surface area (TPSA) is 78.1 Å². The number of aromatic nitrogens is 2. The standard InChI is InChI=1S/C20H20N4O2/c1-2-18(25)22-9-13-3-4-15-11-24(12-17(15)7-13)20(26)16-8-14-5-6-21-19(14)23-10-16/h3-8,10H,2,9,11-12H2,1H3,(H,21,23)(H,22,25). The number of rotatable bonds is 4. The quantitative estimate of drug-likeness (QED) is 0.761. The highest BCUT2D eigenvalue weighted by atomic mass is 16.2. The van der Waals surface area contributed by atoms with Crippen molar-refractivity contribution in [1.82, 2.24) is 20.2 Å². The maximum Gasteiger partial charge on any atom is 0.256 e. The molecular formula is C20H20N4O2. The molecule has 1 aliphatic heterocycles. The summed E-state index contributed by atoms with van der Waals surface area (Å²) in [6, 6.07) is 9.91. The van der Waals surface area contributed by atoms with Gasteiger partial charge >= 0.3 is 0 Å². The van der Waals surface area contributed by atoms with Crippen LogP contribution in [-0.2, 0) is 24.4 Å². The molecular weight excluding hydrogens is 328 g/mol. The maximum atomic E-state index is 12.8. The lowest BCUT2D eigenvalue weighted by Crippen LogP contribution is -2.25. The van der Waals surface area contributed by atoms with Gasteiger partial charge in [-0.3, -0.25) is 9.59 Å². The lowest BCUT2D eigenvalue weighted by Gasteiger charge is -2.15. The Labute approximate surface area is 151 Å². The Bertz CT molecular complexity index is 992. The van der Waals surface area contributed by atoms with Gasteiger partial charge in [0.05, 0.1) is 5.56 Å². The van der Waals surface area contributed by atoms with Crippen molar-refractivity contribution in [3.63, 3.8) is 0 Å². The van der Waals surface area contributed by atoms with Crippen LogP contribution in [0.4, 0.5) is 0 Å². The zero-order valence-electron chi connectivity index (χ0n) is 14.6. The third-order valence-corrected chi connectivity index (χ3v) is 4.74. The third-order valence-electron chi connectivity index (χ3n) is 4.74. The molecule has 0 aliphatic carbocycles. The molecule has 0 saturated heterocycles. The minimum Gasteiger partial charge on any atom is -0.352 e. The first-order valence-electron chi connectivity index (χ1n) is 8.74. The fourth-order valence-electron chi connectivity index (χ4n) is 3.27. The minimum atomic E-state index is -0.0161. The third kappa shape index (κ3) is 3.06. The van der Waals surface area contributed by atoms with E-state index in [1.54, 1.807) is 6.20 Å². The van der Waals surface area contributed by atoms with Gasteiger partial charge in [-0.05, 0) is 28.8 Å². The van der Waals surface area contributed by atoms with Crippen molar-refractivity contribution in [2.45, 2.75) is 33.0 Å². The van der Waals surface area contributed by atoms with Crippen LogP contribution < -0.4 is 5.32 Å². The van der Waals surface area contributed by atoms with Crippen molar-refractivity contribution < 1.29 is 9.59 Å². The van der Waals surface area contributed by atoms with E-state index in [2.05, 4.69) is 21.4 Å². The molecule has 3 heterocycles. The van der Waals surface area contributed by atoms with Gasteiger partial charge in [-0.1, -0.05) is 25.1 Å². The molecule has 0 fully saturated rings. The number of carbonyl (C=O) groups is 2. The molecule has 0 spiro atoms. The zero-order chi connectivity index (χ0) is 18.1. The SMILES string of the molecule is CCC(=O)NCc1ccc2c(c1)CN(C(=O)c1cnc3[nH]ccc3c1)C2. The first-order chi connectivity index (χ1) is 12.6. The van der Waals surface area contributed by atoms with Crippen LogP contribution >= 0.6 is 0 Å². The normalized spacial score (nSPS) is 13.0. The summed E-state index contributed by atoms with van der Waals surface area (Å²) in [5, 5.41) is 3.82. The van der Waals surface area contributed by atoms with Crippen molar-refractivity contribution in [3.8, 4) is 0 Å². The molecule has 0 saturated carbocycles. The number of pyridine rings is 1. The van der Waals surface area contributed by atoms with Gasteiger partial charge in [0, 0.05) is 43.8 Å². The molecule has 1 aromatic carbocycles. The number of hydrogen-bond acceptors (Lipinski definition) is 3. The zero-order valence-corrected chi connectivity index (χ0v) is 14.6. The number of aromatic amines is 1. The lowest BCUT2D eigenvalue weighted by molar-refractivity contribution is -0.120. The number of hydrogen-bond donors (Lipinski definition) is 2. The van der Waals surface area contributed by atoms with Crippen molar-refractivity contribution in [2.75, 3.05) is 0 Å². The second kappa shape index (κ2) is 6.63. The molecule has 4 rings (SSSR count). The van der Waals surface area contributed by atoms with E-state index in [4.69, 9.17) is 0 Å². The molecule has 3 aromatic rings. The van der Waals surface area contributed by atoms with Crippen molar-refractivity contribution >= 4 is 22.8 Å². The smallest absolute Gasteiger partial charge is 0.256 e. The highest BCUT2D eigenvalue weighted by molar-refractivity contribution is 5.97. The largest absolute Gasteiger partial charge is 0.352 e. The van der Waals surface area contributed by atoms with E-state index in [1.165, 1.54) is 0 Å². The first kappa shape index (κ1) is 16.3. The van der Waals surface area contributed by atoms with E-state index < -0.39 is 0 Å². The molecule has 6 heteroatoms. The number of benzene rings is 1. The van der Waals surface area contributed by atoms with Crippen LogP contribution in [-0.4, -0.2) is 26.7 Å². The van der Waals surface area contributed by atoms with E-state index in [0.717, 1.165) is 27.7 Å². The second-order valence-electron chi connectivity index (χ2n) is 6.53. The van der Waals surface area contributed by atoms with Crippen LogP contribution in [0.2, 0.25) is 0 Å². The van der Waals surface area contributed by atoms with Crippen molar-refractivity contribution in [3.05, 3.63) is 65.0 Å². The molecule has 0 unspecified atom stereocenters. The Morgan fingerprint density at radius 2 is 2.04 bits per heavy atom. The van der Waals surface area contributed by atoms with E-state index in [1.807, 2.05) is 42.3 Å². The number of amides is 2. The summed E-state index contributed by atoms with van der Waals surface area (Å²) in [5.41, 5.74) is 4.72. The summed E-state index contributed by atoms with van der Waals surface area (Å²) < 4.78 is 0. The maximum absolute atomic E-state index is 12.8. The Balaban J connectivity index is 1.48. The molecule has 0 atom stereocenters. The molecule has 132 valence electrons. The summed E-state index contributed by atoms with van der Waals surface area (Å²) in [4.78, 5) is 33.4. The number of nitrogens with one attached hydrogen (secondary N) is 2. The summed E-state index contributed by atoms with van der Waals surface area (Å²) in [6.07, 6.45) is 3.92. The summed E-state index contributed by atoms with van der Waals surface area (Å²) >= 11 is 0. The number of carbonyl (C=O) groups excluding carboxylic acids is 2. The highest BCUT2D eigenvalue weighted by Crippen LogP contribution is 2.26. The fraction of sp³-hybridized carbons (Fsp3) is 0.250. The predicted octanol–water partition coefficient (Wildman–Crippen LogP) is 2.75. The van der Waals surface area contributed by atoms with Gasteiger partial charge < -0.3 is 15.2 Å². The van der Waals surface area contributed by atoms with Crippen LogP contribution in [0, 0.1) is 0 Å². The van der Waals surface area contributed by atoms with Crippen LogP contribution in [0.5, 0.6) is 0 Å². The Kier molecular flexibility index (Phi) is 4.16. The predicted molar refractivity (Wildman–Crippen MR) is 98.3 cm³/mol. The van der Waals surface area contributed by atoms with E-state index in [0.29, 0.717) is 31.6 Å². The van der Waals surface area contributed by atoms with Crippen LogP contribution in [0.1, 0.15) is 40.4 Å². The van der Waals surface area contributed by atoms with E-state index >= 15 is 0 Å². The van der Waals surface area contributed by atoms with E-state index in [9.17, 15) is 9.59 Å². The minimum absolute atomic E-state index is 0.0161. The van der Waals surface area contributed by atoms with Gasteiger partial charge in [-0.15, -0.1) is 0 Å². The van der Waals surface area contributed by atoms with Crippen LogP contribution in [0.3, 0.4) is 0 Å². The van der Waals surface area contributed by atoms with Gasteiger partial charge in [-0.25, -0.2) is 4.98 Å². The molecule has 2 N–H and O–H groups in total. The molecule has 0 bridgehead atoms. The van der Waals surface area contributed by atoms with Gasteiger partial charge in [-0.2, -0.15) is 0 Å². The van der Waals surface area contributed by atoms with Crippen molar-refractivity contribution in [1.29, 1.82) is 0 Å². The number of H-pyrrole nitrogens is 1. The van der Waals surface area contributed by atoms with E-state index in [-0.39, 0.29) is 11.8 Å². The summed E-state index contributed by atoms with van der Waals surface area (Å²) in [7, 11) is 0. The Morgan fingerprint density at radius 3 is 2.88 bits per heavy atom. The van der Waals surface area contributed by atoms with Gasteiger partial charge in [0.2, 0.25) is 5.91 Å². The Hall–Kier alpha value is -3.15. The molecule has 1 aliphatic rings. The fourth-order valence-corrected chi connectivity index (χ4v) is 3.27. The Morgan fingerprint density at radius 1 is 1.19 bits per heavy atom. The first-order valence-corrected chi connectivity index (χ1v) is 8.74. The molecule has 6 nitrogen and oxygen atoms in total. The van der Waals surface area contributed by atoms with Crippen LogP contribution in [0.15, 0.2) is 42.7 Å². The van der Waals surface area contributed by atoms with Gasteiger partial charge in [0.25, 0.3) is 5.91 Å². The molecule has 0 radical (unpaired) electrons. The molecule has 2 aromatic heterocycles. The van der Waals surface area contributed by atoms with Gasteiger partial charge in [0.1, 0.15) is 5.65 Å². The van der Waals surface area contributed by atoms with Crippen molar-refractivity contribution in [2.24, 2.45) is 0 Å². The lowest BCUT2D eigenvalue weighted by atomic mass is 10.1. The molecule has 26 heavy (non-hydrogen) atoms. The molecule has 2 amide bonds. The average Bonchev–Trinajstić information content (AvgIpc) is 3.30. The summed E-state index contributed by atoms with van der Waals surface area (Å²) in [5.74, 6) is 0.0209. The number of fused-ring (bicyclic) bond motifs is 2. The van der Waals surface area contributed by atoms with Crippen LogP contribution in [0.25, 0.3) is 11.0 Å². The van der Waals surface area contributed by atoms with Gasteiger partial charge in [0.15, 0.2) is 0 Å². The average molecular weight is 348 g/mol. The second-order valence-corrected chi connectivity index (χ2v) is 6.53. The summed E-state index contributed by atoms with van der Waals surface area (Å²) in [6.45, 7) is 3.53. The number of nitrogens with zero attached hydrogens (tertiary/aromatic N) is 2. The monoisotopic (exact) mass is 348 g/mol.